The SMILES string of the molecule is CC#Cc1cc(OCC2CCCCC2)c(C#CC)cc1OCC1CCCCC1. The molecular weight excluding hydrogens is 344 g/mol. The Bertz CT molecular complexity index is 679. The summed E-state index contributed by atoms with van der Waals surface area (Å²) >= 11 is 0. The molecule has 0 unspecified atom stereocenters. The molecule has 2 nitrogen and oxygen atoms in total. The number of hydrogen-bond acceptors (Lipinski definition) is 2. The molecule has 0 saturated heterocycles. The molecule has 3 rings (SSSR count). The Labute approximate surface area is 171 Å². The molecule has 0 aromatic heterocycles. The maximum absolute atomic E-state index is 6.24. The van der Waals surface area contributed by atoms with Gasteiger partial charge in [-0.15, -0.1) is 11.8 Å². The van der Waals surface area contributed by atoms with E-state index in [0.717, 1.165) is 35.8 Å². The first kappa shape index (κ1) is 20.7. The topological polar surface area (TPSA) is 18.5 Å². The van der Waals surface area contributed by atoms with Gasteiger partial charge in [-0.2, -0.15) is 0 Å². The van der Waals surface area contributed by atoms with Crippen LogP contribution in [0.4, 0.5) is 0 Å². The summed E-state index contributed by atoms with van der Waals surface area (Å²) in [6, 6.07) is 4.07. The molecule has 28 heavy (non-hydrogen) atoms. The van der Waals surface area contributed by atoms with Crippen LogP contribution in [0.2, 0.25) is 0 Å². The lowest BCUT2D eigenvalue weighted by molar-refractivity contribution is 0.204. The predicted octanol–water partition coefficient (Wildman–Crippen LogP) is 6.35. The summed E-state index contributed by atoms with van der Waals surface area (Å²) in [5, 5.41) is 0. The van der Waals surface area contributed by atoms with E-state index in [2.05, 4.69) is 23.7 Å². The van der Waals surface area contributed by atoms with Gasteiger partial charge in [0.1, 0.15) is 11.5 Å². The van der Waals surface area contributed by atoms with Crippen molar-refractivity contribution >= 4 is 0 Å². The zero-order valence-electron chi connectivity index (χ0n) is 17.6. The normalized spacial score (nSPS) is 17.8. The van der Waals surface area contributed by atoms with Crippen LogP contribution in [0.15, 0.2) is 12.1 Å². The van der Waals surface area contributed by atoms with Gasteiger partial charge in [0.05, 0.1) is 24.3 Å². The van der Waals surface area contributed by atoms with Crippen LogP contribution in [0, 0.1) is 35.5 Å². The van der Waals surface area contributed by atoms with Crippen LogP contribution >= 0.6 is 0 Å². The molecule has 2 aliphatic rings. The summed E-state index contributed by atoms with van der Waals surface area (Å²) < 4.78 is 12.5. The first-order chi connectivity index (χ1) is 13.8. The van der Waals surface area contributed by atoms with Crippen molar-refractivity contribution in [3.8, 4) is 35.2 Å². The van der Waals surface area contributed by atoms with E-state index in [4.69, 9.17) is 9.47 Å². The summed E-state index contributed by atoms with van der Waals surface area (Å²) in [4.78, 5) is 0. The van der Waals surface area contributed by atoms with Crippen molar-refractivity contribution in [3.63, 3.8) is 0 Å². The van der Waals surface area contributed by atoms with Gasteiger partial charge < -0.3 is 9.47 Å². The first-order valence-electron chi connectivity index (χ1n) is 11.1. The molecule has 0 heterocycles. The number of benzene rings is 1. The van der Waals surface area contributed by atoms with E-state index in [-0.39, 0.29) is 0 Å². The average Bonchev–Trinajstić information content (AvgIpc) is 2.74. The molecule has 2 fully saturated rings. The molecule has 1 aromatic rings. The van der Waals surface area contributed by atoms with Crippen molar-refractivity contribution in [2.24, 2.45) is 11.8 Å². The first-order valence-corrected chi connectivity index (χ1v) is 11.1. The van der Waals surface area contributed by atoms with Gasteiger partial charge in [-0.25, -0.2) is 0 Å². The van der Waals surface area contributed by atoms with Crippen LogP contribution in [0.3, 0.4) is 0 Å². The highest BCUT2D eigenvalue weighted by Crippen LogP contribution is 2.32. The molecule has 0 atom stereocenters. The van der Waals surface area contributed by atoms with E-state index in [1.165, 1.54) is 64.2 Å². The molecular formula is C26H34O2. The molecule has 2 heteroatoms. The maximum atomic E-state index is 6.24. The smallest absolute Gasteiger partial charge is 0.136 e. The summed E-state index contributed by atoms with van der Waals surface area (Å²) in [5.41, 5.74) is 1.83. The second-order valence-electron chi connectivity index (χ2n) is 8.22. The Kier molecular flexibility index (Phi) is 8.17. The van der Waals surface area contributed by atoms with Gasteiger partial charge in [0.25, 0.3) is 0 Å². The van der Waals surface area contributed by atoms with Gasteiger partial charge in [0, 0.05) is 12.1 Å². The Morgan fingerprint density at radius 1 is 0.679 bits per heavy atom. The monoisotopic (exact) mass is 378 g/mol. The minimum Gasteiger partial charge on any atom is -0.492 e. The molecule has 0 bridgehead atoms. The molecule has 2 aliphatic carbocycles. The van der Waals surface area contributed by atoms with E-state index < -0.39 is 0 Å². The minimum absolute atomic E-state index is 0.666. The van der Waals surface area contributed by atoms with Gasteiger partial charge in [-0.05, 0) is 51.4 Å². The summed E-state index contributed by atoms with van der Waals surface area (Å²) in [6.45, 7) is 5.29. The number of rotatable bonds is 6. The van der Waals surface area contributed by atoms with Gasteiger partial charge in [0.15, 0.2) is 0 Å². The van der Waals surface area contributed by atoms with E-state index in [9.17, 15) is 0 Å². The van der Waals surface area contributed by atoms with Crippen molar-refractivity contribution in [3.05, 3.63) is 23.3 Å². The summed E-state index contributed by atoms with van der Waals surface area (Å²) in [7, 11) is 0. The molecule has 0 amide bonds. The van der Waals surface area contributed by atoms with Crippen LogP contribution in [0.25, 0.3) is 0 Å². The quantitative estimate of drug-likeness (QED) is 0.537. The second kappa shape index (κ2) is 11.1. The standard InChI is InChI=1S/C26H34O2/c1-3-11-23-17-26(28-20-22-15-9-6-10-16-22)24(12-4-2)18-25(23)27-19-21-13-7-5-8-14-21/h17-18,21-22H,5-10,13-16,19-20H2,1-2H3. The largest absolute Gasteiger partial charge is 0.492 e. The highest BCUT2D eigenvalue weighted by molar-refractivity contribution is 5.58. The van der Waals surface area contributed by atoms with E-state index in [1.807, 2.05) is 26.0 Å². The Morgan fingerprint density at radius 2 is 1.07 bits per heavy atom. The lowest BCUT2D eigenvalue weighted by atomic mass is 9.90. The lowest BCUT2D eigenvalue weighted by Crippen LogP contribution is -2.16. The van der Waals surface area contributed by atoms with Crippen LogP contribution in [-0.2, 0) is 0 Å². The number of ether oxygens (including phenoxy) is 2. The Hall–Kier alpha value is -2.06. The van der Waals surface area contributed by atoms with Crippen molar-refractivity contribution in [1.29, 1.82) is 0 Å². The van der Waals surface area contributed by atoms with Crippen LogP contribution < -0.4 is 9.47 Å². The van der Waals surface area contributed by atoms with Gasteiger partial charge >= 0.3 is 0 Å². The third-order valence-electron chi connectivity index (χ3n) is 6.00. The van der Waals surface area contributed by atoms with Crippen LogP contribution in [-0.4, -0.2) is 13.2 Å². The fraction of sp³-hybridized carbons (Fsp3) is 0.615. The maximum Gasteiger partial charge on any atom is 0.136 e. The van der Waals surface area contributed by atoms with E-state index in [1.54, 1.807) is 0 Å². The lowest BCUT2D eigenvalue weighted by Gasteiger charge is -2.23. The van der Waals surface area contributed by atoms with E-state index >= 15 is 0 Å². The molecule has 2 saturated carbocycles. The molecule has 0 N–H and O–H groups in total. The molecule has 150 valence electrons. The fourth-order valence-corrected chi connectivity index (χ4v) is 4.39. The number of hydrogen-bond donors (Lipinski definition) is 0. The molecule has 1 aromatic carbocycles. The third-order valence-corrected chi connectivity index (χ3v) is 6.00. The third kappa shape index (κ3) is 5.97. The minimum atomic E-state index is 0.666. The van der Waals surface area contributed by atoms with Crippen LogP contribution in [0.5, 0.6) is 11.5 Å². The summed E-state index contributed by atoms with van der Waals surface area (Å²) in [6.07, 6.45) is 13.2. The van der Waals surface area contributed by atoms with Gasteiger partial charge in [-0.1, -0.05) is 50.4 Å². The zero-order chi connectivity index (χ0) is 19.6. The van der Waals surface area contributed by atoms with E-state index in [0.29, 0.717) is 11.8 Å². The van der Waals surface area contributed by atoms with Crippen molar-refractivity contribution in [2.75, 3.05) is 13.2 Å². The highest BCUT2D eigenvalue weighted by Gasteiger charge is 2.18. The highest BCUT2D eigenvalue weighted by atomic mass is 16.5. The fourth-order valence-electron chi connectivity index (χ4n) is 4.39. The van der Waals surface area contributed by atoms with Crippen molar-refractivity contribution < 1.29 is 9.47 Å². The summed E-state index contributed by atoms with van der Waals surface area (Å²) in [5.74, 6) is 15.5. The van der Waals surface area contributed by atoms with Gasteiger partial charge in [0.2, 0.25) is 0 Å². The zero-order valence-corrected chi connectivity index (χ0v) is 17.6. The molecule has 0 aliphatic heterocycles. The second-order valence-corrected chi connectivity index (χ2v) is 8.22. The van der Waals surface area contributed by atoms with Crippen molar-refractivity contribution in [1.82, 2.24) is 0 Å². The average molecular weight is 379 g/mol. The van der Waals surface area contributed by atoms with Crippen molar-refractivity contribution in [2.45, 2.75) is 78.1 Å². The Balaban J connectivity index is 1.75. The van der Waals surface area contributed by atoms with Gasteiger partial charge in [-0.3, -0.25) is 0 Å². The van der Waals surface area contributed by atoms with Crippen LogP contribution in [0.1, 0.15) is 89.2 Å². The molecule has 0 spiro atoms. The Morgan fingerprint density at radius 3 is 1.43 bits per heavy atom. The molecule has 0 radical (unpaired) electrons. The predicted molar refractivity (Wildman–Crippen MR) is 116 cm³/mol.